The van der Waals surface area contributed by atoms with E-state index >= 15 is 0 Å². The Morgan fingerprint density at radius 2 is 2.14 bits per heavy atom. The second kappa shape index (κ2) is 5.69. The molecule has 22 heavy (non-hydrogen) atoms. The normalized spacial score (nSPS) is 32.2. The van der Waals surface area contributed by atoms with Gasteiger partial charge in [-0.05, 0) is 43.6 Å². The molecule has 3 aliphatic rings. The van der Waals surface area contributed by atoms with Gasteiger partial charge in [0.1, 0.15) is 0 Å². The molecule has 1 amide bonds. The van der Waals surface area contributed by atoms with Crippen molar-refractivity contribution in [3.8, 4) is 0 Å². The van der Waals surface area contributed by atoms with E-state index in [0.29, 0.717) is 18.0 Å². The van der Waals surface area contributed by atoms with Crippen LogP contribution in [0.15, 0.2) is 18.5 Å². The van der Waals surface area contributed by atoms with E-state index in [2.05, 4.69) is 14.9 Å². The molecule has 0 spiro atoms. The second-order valence-corrected chi connectivity index (χ2v) is 7.36. The van der Waals surface area contributed by atoms with Crippen molar-refractivity contribution in [2.24, 2.45) is 11.8 Å². The van der Waals surface area contributed by atoms with Gasteiger partial charge in [0, 0.05) is 45.0 Å². The third-order valence-corrected chi connectivity index (χ3v) is 5.64. The molecule has 3 heterocycles. The number of hydrogen-bond acceptors (Lipinski definition) is 3. The molecule has 1 aliphatic carbocycles. The lowest BCUT2D eigenvalue weighted by Gasteiger charge is -2.38. The van der Waals surface area contributed by atoms with Crippen LogP contribution >= 0.6 is 0 Å². The van der Waals surface area contributed by atoms with Crippen LogP contribution in [0, 0.1) is 11.8 Å². The molecule has 2 saturated heterocycles. The highest BCUT2D eigenvalue weighted by Gasteiger charge is 2.45. The fraction of sp³-hybridized carbons (Fsp3) is 0.765. The monoisotopic (exact) mass is 302 g/mol. The Kier molecular flexibility index (Phi) is 3.68. The lowest BCUT2D eigenvalue weighted by atomic mass is 9.92. The first-order valence-electron chi connectivity index (χ1n) is 8.69. The Morgan fingerprint density at radius 1 is 1.27 bits per heavy atom. The van der Waals surface area contributed by atoms with Crippen LogP contribution in [0.4, 0.5) is 0 Å². The highest BCUT2D eigenvalue weighted by Crippen LogP contribution is 2.38. The smallest absolute Gasteiger partial charge is 0.220 e. The number of carbonyl (C=O) groups excluding carboxylic acids is 1. The van der Waals surface area contributed by atoms with Gasteiger partial charge in [-0.2, -0.15) is 5.10 Å². The lowest BCUT2D eigenvalue weighted by molar-refractivity contribution is -0.133. The molecule has 0 radical (unpaired) electrons. The van der Waals surface area contributed by atoms with Crippen LogP contribution in [0.5, 0.6) is 0 Å². The number of amides is 1. The Bertz CT molecular complexity index is 525. The number of likely N-dealkylation sites (tertiary alicyclic amines) is 2. The van der Waals surface area contributed by atoms with E-state index < -0.39 is 0 Å². The summed E-state index contributed by atoms with van der Waals surface area (Å²) in [6.45, 7) is 6.20. The summed E-state index contributed by atoms with van der Waals surface area (Å²) in [5, 5.41) is 4.32. The molecule has 0 aromatic carbocycles. The molecule has 3 fully saturated rings. The van der Waals surface area contributed by atoms with Gasteiger partial charge in [0.25, 0.3) is 0 Å². The van der Waals surface area contributed by atoms with Gasteiger partial charge in [-0.15, -0.1) is 0 Å². The maximum absolute atomic E-state index is 12.2. The summed E-state index contributed by atoms with van der Waals surface area (Å²) in [6.07, 6.45) is 8.94. The van der Waals surface area contributed by atoms with Gasteiger partial charge in [0.15, 0.2) is 0 Å². The number of rotatable bonds is 4. The van der Waals surface area contributed by atoms with Gasteiger partial charge in [0.2, 0.25) is 5.91 Å². The Hall–Kier alpha value is -1.36. The molecule has 1 aromatic rings. The van der Waals surface area contributed by atoms with Crippen molar-refractivity contribution >= 4 is 5.91 Å². The summed E-state index contributed by atoms with van der Waals surface area (Å²) in [4.78, 5) is 17.0. The van der Waals surface area contributed by atoms with Crippen molar-refractivity contribution in [3.05, 3.63) is 18.5 Å². The molecule has 1 aromatic heterocycles. The van der Waals surface area contributed by atoms with E-state index in [1.165, 1.54) is 25.9 Å². The second-order valence-electron chi connectivity index (χ2n) is 7.36. The van der Waals surface area contributed by atoms with E-state index in [9.17, 15) is 4.79 Å². The van der Waals surface area contributed by atoms with E-state index in [4.69, 9.17) is 0 Å². The molecule has 0 bridgehead atoms. The number of carbonyl (C=O) groups is 1. The molecule has 5 nitrogen and oxygen atoms in total. The van der Waals surface area contributed by atoms with Crippen LogP contribution in [-0.2, 0) is 11.3 Å². The average Bonchev–Trinajstić information content (AvgIpc) is 3.01. The average molecular weight is 302 g/mol. The van der Waals surface area contributed by atoms with Gasteiger partial charge in [0.05, 0.1) is 12.6 Å². The molecule has 4 rings (SSSR count). The quantitative estimate of drug-likeness (QED) is 0.848. The molecule has 1 saturated carbocycles. The van der Waals surface area contributed by atoms with Gasteiger partial charge in [-0.1, -0.05) is 0 Å². The minimum absolute atomic E-state index is 0.236. The number of fused-ring (bicyclic) bond motifs is 1. The van der Waals surface area contributed by atoms with Crippen molar-refractivity contribution in [2.75, 3.05) is 19.6 Å². The molecular formula is C17H26N4O. The maximum Gasteiger partial charge on any atom is 0.220 e. The SMILES string of the molecule is CC(=O)N1[C@@H](Cn2cccn2)C[C@H]2CN(CC3CC3)CC[C@H]21. The van der Waals surface area contributed by atoms with Gasteiger partial charge < -0.3 is 9.80 Å². The summed E-state index contributed by atoms with van der Waals surface area (Å²) in [5.41, 5.74) is 0. The number of aromatic nitrogens is 2. The van der Waals surface area contributed by atoms with Crippen LogP contribution in [-0.4, -0.2) is 57.2 Å². The van der Waals surface area contributed by atoms with Gasteiger partial charge >= 0.3 is 0 Å². The van der Waals surface area contributed by atoms with Crippen LogP contribution < -0.4 is 0 Å². The maximum atomic E-state index is 12.2. The molecule has 0 N–H and O–H groups in total. The molecule has 2 aliphatic heterocycles. The molecule has 3 atom stereocenters. The predicted molar refractivity (Wildman–Crippen MR) is 84.2 cm³/mol. The summed E-state index contributed by atoms with van der Waals surface area (Å²) in [6, 6.07) is 2.72. The Morgan fingerprint density at radius 3 is 2.82 bits per heavy atom. The van der Waals surface area contributed by atoms with E-state index in [1.54, 1.807) is 6.92 Å². The molecule has 120 valence electrons. The van der Waals surface area contributed by atoms with Gasteiger partial charge in [-0.3, -0.25) is 9.48 Å². The number of nitrogens with zero attached hydrogens (tertiary/aromatic N) is 4. The van der Waals surface area contributed by atoms with Crippen molar-refractivity contribution in [2.45, 2.75) is 51.2 Å². The third-order valence-electron chi connectivity index (χ3n) is 5.64. The van der Waals surface area contributed by atoms with Crippen LogP contribution in [0.25, 0.3) is 0 Å². The van der Waals surface area contributed by atoms with Crippen molar-refractivity contribution in [1.29, 1.82) is 0 Å². The Labute approximate surface area is 132 Å². The van der Waals surface area contributed by atoms with Crippen LogP contribution in [0.1, 0.15) is 32.6 Å². The largest absolute Gasteiger partial charge is 0.335 e. The van der Waals surface area contributed by atoms with Crippen LogP contribution in [0.3, 0.4) is 0 Å². The lowest BCUT2D eigenvalue weighted by Crippen LogP contribution is -2.49. The van der Waals surface area contributed by atoms with Crippen molar-refractivity contribution in [3.63, 3.8) is 0 Å². The zero-order chi connectivity index (χ0) is 15.1. The minimum Gasteiger partial charge on any atom is -0.335 e. The van der Waals surface area contributed by atoms with Crippen molar-refractivity contribution in [1.82, 2.24) is 19.6 Å². The van der Waals surface area contributed by atoms with E-state index in [1.807, 2.05) is 23.1 Å². The highest BCUT2D eigenvalue weighted by atomic mass is 16.2. The zero-order valence-electron chi connectivity index (χ0n) is 13.4. The molecule has 5 heteroatoms. The minimum atomic E-state index is 0.236. The molecule has 0 unspecified atom stereocenters. The fourth-order valence-corrected chi connectivity index (χ4v) is 4.54. The standard InChI is InChI=1S/C17H26N4O/c1-13(22)21-16(12-20-7-2-6-18-20)9-15-11-19(8-5-17(15)21)10-14-3-4-14/h2,6-7,14-17H,3-5,8-12H2,1H3/t15-,16+,17+/m0/s1. The van der Waals surface area contributed by atoms with Crippen LogP contribution in [0.2, 0.25) is 0 Å². The fourth-order valence-electron chi connectivity index (χ4n) is 4.54. The summed E-state index contributed by atoms with van der Waals surface area (Å²) in [5.74, 6) is 1.85. The van der Waals surface area contributed by atoms with Gasteiger partial charge in [-0.25, -0.2) is 0 Å². The molecular weight excluding hydrogens is 276 g/mol. The first-order valence-corrected chi connectivity index (χ1v) is 8.69. The summed E-state index contributed by atoms with van der Waals surface area (Å²) in [7, 11) is 0. The third kappa shape index (κ3) is 2.78. The Balaban J connectivity index is 1.45. The van der Waals surface area contributed by atoms with Crippen molar-refractivity contribution < 1.29 is 4.79 Å². The topological polar surface area (TPSA) is 41.4 Å². The van der Waals surface area contributed by atoms with E-state index in [0.717, 1.165) is 31.8 Å². The highest BCUT2D eigenvalue weighted by molar-refractivity contribution is 5.74. The number of hydrogen-bond donors (Lipinski definition) is 0. The predicted octanol–water partition coefficient (Wildman–Crippen LogP) is 1.60. The first-order chi connectivity index (χ1) is 10.7. The summed E-state index contributed by atoms with van der Waals surface area (Å²) < 4.78 is 1.97. The first kappa shape index (κ1) is 14.2. The number of piperidine rings is 1. The zero-order valence-corrected chi connectivity index (χ0v) is 13.4. The summed E-state index contributed by atoms with van der Waals surface area (Å²) >= 11 is 0. The van der Waals surface area contributed by atoms with E-state index in [-0.39, 0.29) is 5.91 Å².